The van der Waals surface area contributed by atoms with Crippen LogP contribution in [0.15, 0.2) is 56.2 Å². The van der Waals surface area contributed by atoms with Gasteiger partial charge < -0.3 is 0 Å². The van der Waals surface area contributed by atoms with Crippen LogP contribution in [0.5, 0.6) is 0 Å². The molecule has 0 atom stereocenters. The van der Waals surface area contributed by atoms with Gasteiger partial charge in [-0.25, -0.2) is 5.43 Å². The SMILES string of the molecule is O=C(CSc1nnc(SCc2ccccc2Cl)s1)NN=Cc1c(Cl)cccc1Cl. The minimum absolute atomic E-state index is 0.164. The Morgan fingerprint density at radius 3 is 2.38 bits per heavy atom. The number of hydrogen-bond acceptors (Lipinski definition) is 7. The summed E-state index contributed by atoms with van der Waals surface area (Å²) in [6, 6.07) is 12.8. The largest absolute Gasteiger partial charge is 0.272 e. The molecule has 1 amide bonds. The number of benzene rings is 2. The number of aromatic nitrogens is 2. The molecular weight excluding hydrogens is 491 g/mol. The highest BCUT2D eigenvalue weighted by atomic mass is 35.5. The van der Waals surface area contributed by atoms with Crippen LogP contribution in [0, 0.1) is 0 Å². The van der Waals surface area contributed by atoms with Crippen LogP contribution in [-0.2, 0) is 10.5 Å². The summed E-state index contributed by atoms with van der Waals surface area (Å²) in [5.74, 6) is 0.603. The molecule has 0 radical (unpaired) electrons. The average molecular weight is 504 g/mol. The van der Waals surface area contributed by atoms with Crippen LogP contribution >= 0.6 is 69.7 Å². The number of nitrogens with one attached hydrogen (secondary N) is 1. The van der Waals surface area contributed by atoms with Gasteiger partial charge in [-0.1, -0.05) is 93.9 Å². The molecule has 3 aromatic rings. The first kappa shape index (κ1) is 22.4. The molecule has 0 spiro atoms. The summed E-state index contributed by atoms with van der Waals surface area (Å²) in [5.41, 5.74) is 4.03. The Balaban J connectivity index is 1.45. The second kappa shape index (κ2) is 11.2. The van der Waals surface area contributed by atoms with Gasteiger partial charge in [-0.05, 0) is 23.8 Å². The molecule has 150 valence electrons. The standard InChI is InChI=1S/C18H13Cl3N4OS3/c19-13-5-2-1-4-11(13)9-27-17-24-25-18(29-17)28-10-16(26)23-22-8-12-14(20)6-3-7-15(12)21/h1-8H,9-10H2,(H,23,26). The van der Waals surface area contributed by atoms with Crippen LogP contribution in [0.4, 0.5) is 0 Å². The number of rotatable bonds is 8. The van der Waals surface area contributed by atoms with E-state index in [1.54, 1.807) is 30.0 Å². The summed E-state index contributed by atoms with van der Waals surface area (Å²) in [6.45, 7) is 0. The number of amides is 1. The van der Waals surface area contributed by atoms with E-state index in [1.807, 2.05) is 24.3 Å². The van der Waals surface area contributed by atoms with Crippen LogP contribution in [0.25, 0.3) is 0 Å². The number of halogens is 3. The first-order valence-corrected chi connectivity index (χ1v) is 12.0. The molecule has 0 aliphatic carbocycles. The van der Waals surface area contributed by atoms with Crippen LogP contribution in [0.3, 0.4) is 0 Å². The molecule has 1 aromatic heterocycles. The molecule has 0 saturated heterocycles. The van der Waals surface area contributed by atoms with Crippen molar-refractivity contribution in [3.63, 3.8) is 0 Å². The molecule has 0 aliphatic rings. The van der Waals surface area contributed by atoms with Crippen molar-refractivity contribution >= 4 is 81.8 Å². The smallest absolute Gasteiger partial charge is 0.250 e. The maximum atomic E-state index is 12.0. The zero-order chi connectivity index (χ0) is 20.6. The molecule has 29 heavy (non-hydrogen) atoms. The van der Waals surface area contributed by atoms with Gasteiger partial charge in [-0.3, -0.25) is 4.79 Å². The molecule has 0 aliphatic heterocycles. The molecular formula is C18H13Cl3N4OS3. The van der Waals surface area contributed by atoms with Gasteiger partial charge in [-0.2, -0.15) is 5.10 Å². The molecule has 0 saturated carbocycles. The van der Waals surface area contributed by atoms with Crippen LogP contribution in [0.2, 0.25) is 15.1 Å². The van der Waals surface area contributed by atoms with Crippen molar-refractivity contribution in [1.82, 2.24) is 15.6 Å². The van der Waals surface area contributed by atoms with Gasteiger partial charge in [-0.15, -0.1) is 10.2 Å². The number of hydrogen-bond donors (Lipinski definition) is 1. The van der Waals surface area contributed by atoms with E-state index in [0.29, 0.717) is 25.7 Å². The number of carbonyl (C=O) groups is 1. The number of carbonyl (C=O) groups excluding carboxylic acids is 1. The van der Waals surface area contributed by atoms with Crippen LogP contribution in [0.1, 0.15) is 11.1 Å². The molecule has 11 heteroatoms. The molecule has 5 nitrogen and oxygen atoms in total. The van der Waals surface area contributed by atoms with Crippen molar-refractivity contribution < 1.29 is 4.79 Å². The molecule has 3 rings (SSSR count). The predicted molar refractivity (Wildman–Crippen MR) is 124 cm³/mol. The minimum Gasteiger partial charge on any atom is -0.272 e. The highest BCUT2D eigenvalue weighted by Crippen LogP contribution is 2.32. The number of nitrogens with zero attached hydrogens (tertiary/aromatic N) is 3. The monoisotopic (exact) mass is 502 g/mol. The Labute approximate surface area is 195 Å². The molecule has 1 N–H and O–H groups in total. The highest BCUT2D eigenvalue weighted by Gasteiger charge is 2.10. The Kier molecular flexibility index (Phi) is 8.65. The first-order valence-electron chi connectivity index (χ1n) is 8.11. The predicted octanol–water partition coefficient (Wildman–Crippen LogP) is 6.03. The van der Waals surface area contributed by atoms with Gasteiger partial charge in [0.15, 0.2) is 8.68 Å². The summed E-state index contributed by atoms with van der Waals surface area (Å²) in [6.07, 6.45) is 1.42. The summed E-state index contributed by atoms with van der Waals surface area (Å²) in [7, 11) is 0. The Morgan fingerprint density at radius 2 is 1.66 bits per heavy atom. The third kappa shape index (κ3) is 6.87. The van der Waals surface area contributed by atoms with Crippen molar-refractivity contribution in [3.8, 4) is 0 Å². The van der Waals surface area contributed by atoms with Crippen LogP contribution in [-0.4, -0.2) is 28.1 Å². The fourth-order valence-electron chi connectivity index (χ4n) is 2.03. The van der Waals surface area contributed by atoms with Crippen molar-refractivity contribution in [2.24, 2.45) is 5.10 Å². The highest BCUT2D eigenvalue weighted by molar-refractivity contribution is 8.03. The van der Waals surface area contributed by atoms with Gasteiger partial charge >= 0.3 is 0 Å². The fourth-order valence-corrected chi connectivity index (χ4v) is 5.62. The Bertz CT molecular complexity index is 1010. The number of thioether (sulfide) groups is 2. The third-order valence-corrected chi connectivity index (χ3v) is 7.67. The van der Waals surface area contributed by atoms with Gasteiger partial charge in [0.25, 0.3) is 5.91 Å². The van der Waals surface area contributed by atoms with Gasteiger partial charge in [0.1, 0.15) is 0 Å². The zero-order valence-electron chi connectivity index (χ0n) is 14.6. The quantitative estimate of drug-likeness (QED) is 0.231. The van der Waals surface area contributed by atoms with E-state index in [-0.39, 0.29) is 11.7 Å². The van der Waals surface area contributed by atoms with Crippen molar-refractivity contribution in [1.29, 1.82) is 0 Å². The normalized spacial score (nSPS) is 11.1. The van der Waals surface area contributed by atoms with Gasteiger partial charge in [0.05, 0.1) is 22.0 Å². The maximum Gasteiger partial charge on any atom is 0.250 e. The third-order valence-electron chi connectivity index (χ3n) is 3.41. The molecule has 1 heterocycles. The summed E-state index contributed by atoms with van der Waals surface area (Å²) < 4.78 is 1.53. The minimum atomic E-state index is -0.269. The molecule has 2 aromatic carbocycles. The van der Waals surface area contributed by atoms with Crippen LogP contribution < -0.4 is 5.43 Å². The van der Waals surface area contributed by atoms with Crippen molar-refractivity contribution in [2.45, 2.75) is 14.4 Å². The lowest BCUT2D eigenvalue weighted by Gasteiger charge is -2.01. The van der Waals surface area contributed by atoms with E-state index >= 15 is 0 Å². The van der Waals surface area contributed by atoms with Gasteiger partial charge in [0, 0.05) is 16.3 Å². The topological polar surface area (TPSA) is 67.2 Å². The molecule has 0 bridgehead atoms. The second-order valence-corrected chi connectivity index (χ2v) is 10.1. The lowest BCUT2D eigenvalue weighted by Crippen LogP contribution is -2.19. The van der Waals surface area contributed by atoms with Crippen molar-refractivity contribution in [3.05, 3.63) is 68.7 Å². The molecule has 0 fully saturated rings. The van der Waals surface area contributed by atoms with E-state index in [0.717, 1.165) is 14.9 Å². The van der Waals surface area contributed by atoms with Gasteiger partial charge in [0.2, 0.25) is 0 Å². The fraction of sp³-hybridized carbons (Fsp3) is 0.111. The van der Waals surface area contributed by atoms with E-state index < -0.39 is 0 Å². The second-order valence-electron chi connectivity index (χ2n) is 5.43. The van der Waals surface area contributed by atoms with E-state index in [1.165, 1.54) is 29.3 Å². The Hall–Kier alpha value is -1.29. The lowest BCUT2D eigenvalue weighted by atomic mass is 10.2. The Morgan fingerprint density at radius 1 is 1.00 bits per heavy atom. The first-order chi connectivity index (χ1) is 14.0. The zero-order valence-corrected chi connectivity index (χ0v) is 19.4. The average Bonchev–Trinajstić information content (AvgIpc) is 3.16. The summed E-state index contributed by atoms with van der Waals surface area (Å²) >= 11 is 22.5. The molecule has 0 unspecified atom stereocenters. The van der Waals surface area contributed by atoms with Crippen molar-refractivity contribution in [2.75, 3.05) is 5.75 Å². The maximum absolute atomic E-state index is 12.0. The van der Waals surface area contributed by atoms with E-state index in [9.17, 15) is 4.79 Å². The van der Waals surface area contributed by atoms with E-state index in [2.05, 4.69) is 20.7 Å². The lowest BCUT2D eigenvalue weighted by molar-refractivity contribution is -0.118. The number of hydrazone groups is 1. The summed E-state index contributed by atoms with van der Waals surface area (Å²) in [5, 5.41) is 13.8. The summed E-state index contributed by atoms with van der Waals surface area (Å²) in [4.78, 5) is 12.0. The van der Waals surface area contributed by atoms with E-state index in [4.69, 9.17) is 34.8 Å².